The lowest BCUT2D eigenvalue weighted by Gasteiger charge is -2.32. The first-order chi connectivity index (χ1) is 16.0. The van der Waals surface area contributed by atoms with Gasteiger partial charge in [-0.15, -0.1) is 0 Å². The molecule has 7 nitrogen and oxygen atoms in total. The molecule has 0 bridgehead atoms. The molecule has 4 rings (SSSR count). The van der Waals surface area contributed by atoms with Crippen LogP contribution >= 0.6 is 0 Å². The Kier molecular flexibility index (Phi) is 7.60. The molecule has 1 heterocycles. The molecule has 0 aromatic heterocycles. The van der Waals surface area contributed by atoms with E-state index in [2.05, 4.69) is 24.3 Å². The first-order valence-electron chi connectivity index (χ1n) is 11.8. The van der Waals surface area contributed by atoms with Crippen molar-refractivity contribution in [2.24, 2.45) is 0 Å². The summed E-state index contributed by atoms with van der Waals surface area (Å²) < 4.78 is 11.7. The van der Waals surface area contributed by atoms with Crippen LogP contribution < -0.4 is 0 Å². The summed E-state index contributed by atoms with van der Waals surface area (Å²) in [5, 5.41) is 11.7. The zero-order chi connectivity index (χ0) is 23.2. The smallest absolute Gasteiger partial charge is 0.410 e. The number of nitro groups is 1. The van der Waals surface area contributed by atoms with Crippen LogP contribution in [-0.4, -0.2) is 46.8 Å². The molecular weight excluding hydrogens is 420 g/mol. The number of hydrogen-bond donors (Lipinski definition) is 0. The number of carbonyl (C=O) groups excluding carboxylic acids is 1. The maximum Gasteiger partial charge on any atom is 0.410 e. The first-order valence-corrected chi connectivity index (χ1v) is 11.8. The maximum absolute atomic E-state index is 12.9. The van der Waals surface area contributed by atoms with Gasteiger partial charge in [0.1, 0.15) is 12.6 Å². The maximum atomic E-state index is 12.9. The highest BCUT2D eigenvalue weighted by molar-refractivity contribution is 5.69. The monoisotopic (exact) mass is 452 g/mol. The van der Waals surface area contributed by atoms with E-state index in [0.717, 1.165) is 31.2 Å². The fourth-order valence-electron chi connectivity index (χ4n) is 5.18. The van der Waals surface area contributed by atoms with E-state index in [1.165, 1.54) is 10.5 Å². The van der Waals surface area contributed by atoms with E-state index in [-0.39, 0.29) is 30.3 Å². The molecule has 1 saturated carbocycles. The normalized spacial score (nSPS) is 27.3. The van der Waals surface area contributed by atoms with Crippen LogP contribution in [0.5, 0.6) is 0 Å². The number of benzene rings is 2. The molecule has 7 heteroatoms. The minimum Gasteiger partial charge on any atom is -0.445 e. The van der Waals surface area contributed by atoms with Crippen molar-refractivity contribution in [1.29, 1.82) is 0 Å². The molecule has 1 aliphatic heterocycles. The highest BCUT2D eigenvalue weighted by Gasteiger charge is 2.49. The van der Waals surface area contributed by atoms with Gasteiger partial charge in [-0.25, -0.2) is 4.79 Å². The van der Waals surface area contributed by atoms with Gasteiger partial charge in [0, 0.05) is 17.4 Å². The predicted octanol–water partition coefficient (Wildman–Crippen LogP) is 5.17. The van der Waals surface area contributed by atoms with E-state index in [1.807, 2.05) is 43.3 Å². The topological polar surface area (TPSA) is 81.9 Å². The molecule has 0 spiro atoms. The molecule has 33 heavy (non-hydrogen) atoms. The third-order valence-corrected chi connectivity index (χ3v) is 6.99. The van der Waals surface area contributed by atoms with Gasteiger partial charge in [-0.05, 0) is 49.7 Å². The standard InChI is InChI=1S/C26H32N2O5/c1-19-16-24(28(30)31)25(27(19)26(29)33-17-20-8-4-2-5-9-20)18-32-23-14-12-22(13-15-23)21-10-6-3-7-11-21/h2-11,19,22-25H,12-18H2,1H3/t19-,22?,23?,24?,25+/m1/s1. The summed E-state index contributed by atoms with van der Waals surface area (Å²) in [6.45, 7) is 2.14. The average Bonchev–Trinajstić information content (AvgIpc) is 3.19. The summed E-state index contributed by atoms with van der Waals surface area (Å²) >= 11 is 0. The molecule has 1 amide bonds. The van der Waals surface area contributed by atoms with Crippen LogP contribution in [0.4, 0.5) is 4.79 Å². The first kappa shape index (κ1) is 23.2. The predicted molar refractivity (Wildman–Crippen MR) is 125 cm³/mol. The molecule has 1 unspecified atom stereocenters. The van der Waals surface area contributed by atoms with Crippen LogP contribution in [0.1, 0.15) is 56.1 Å². The number of carbonyl (C=O) groups is 1. The van der Waals surface area contributed by atoms with Crippen LogP contribution in [0.15, 0.2) is 60.7 Å². The van der Waals surface area contributed by atoms with Crippen molar-refractivity contribution in [2.45, 2.75) is 75.8 Å². The average molecular weight is 453 g/mol. The van der Waals surface area contributed by atoms with E-state index < -0.39 is 18.2 Å². The van der Waals surface area contributed by atoms with Crippen molar-refractivity contribution in [3.8, 4) is 0 Å². The van der Waals surface area contributed by atoms with E-state index >= 15 is 0 Å². The minimum atomic E-state index is -0.843. The van der Waals surface area contributed by atoms with E-state index in [4.69, 9.17) is 9.47 Å². The van der Waals surface area contributed by atoms with E-state index in [0.29, 0.717) is 12.3 Å². The van der Waals surface area contributed by atoms with Crippen LogP contribution in [0.3, 0.4) is 0 Å². The molecule has 2 aromatic rings. The van der Waals surface area contributed by atoms with Crippen molar-refractivity contribution >= 4 is 6.09 Å². The Morgan fingerprint density at radius 3 is 2.30 bits per heavy atom. The number of nitrogens with zero attached hydrogens (tertiary/aromatic N) is 2. The Labute approximate surface area is 194 Å². The fourth-order valence-corrected chi connectivity index (χ4v) is 5.18. The lowest BCUT2D eigenvalue weighted by Crippen LogP contribution is -2.47. The number of likely N-dealkylation sites (tertiary alicyclic amines) is 1. The van der Waals surface area contributed by atoms with Gasteiger partial charge in [-0.1, -0.05) is 60.7 Å². The van der Waals surface area contributed by atoms with E-state index in [1.54, 1.807) is 0 Å². The van der Waals surface area contributed by atoms with Crippen molar-refractivity contribution < 1.29 is 19.2 Å². The Morgan fingerprint density at radius 2 is 1.67 bits per heavy atom. The Balaban J connectivity index is 1.34. The Morgan fingerprint density at radius 1 is 1.03 bits per heavy atom. The third-order valence-electron chi connectivity index (χ3n) is 6.99. The van der Waals surface area contributed by atoms with Crippen molar-refractivity contribution in [2.75, 3.05) is 6.61 Å². The van der Waals surface area contributed by atoms with E-state index in [9.17, 15) is 14.9 Å². The van der Waals surface area contributed by atoms with Gasteiger partial charge < -0.3 is 9.47 Å². The molecule has 0 radical (unpaired) electrons. The second-order valence-electron chi connectivity index (χ2n) is 9.17. The Bertz CT molecular complexity index is 915. The third kappa shape index (κ3) is 5.71. The highest BCUT2D eigenvalue weighted by atomic mass is 16.6. The highest BCUT2D eigenvalue weighted by Crippen LogP contribution is 2.35. The van der Waals surface area contributed by atoms with Crippen molar-refractivity contribution in [3.63, 3.8) is 0 Å². The van der Waals surface area contributed by atoms with Crippen LogP contribution in [0.2, 0.25) is 0 Å². The molecule has 2 aliphatic rings. The molecule has 1 aliphatic carbocycles. The van der Waals surface area contributed by atoms with Gasteiger partial charge >= 0.3 is 6.09 Å². The van der Waals surface area contributed by atoms with Crippen LogP contribution in [-0.2, 0) is 16.1 Å². The lowest BCUT2D eigenvalue weighted by molar-refractivity contribution is -0.525. The van der Waals surface area contributed by atoms with Gasteiger partial charge in [0.2, 0.25) is 6.04 Å². The molecule has 2 aromatic carbocycles. The lowest BCUT2D eigenvalue weighted by atomic mass is 9.83. The number of ether oxygens (including phenoxy) is 2. The largest absolute Gasteiger partial charge is 0.445 e. The van der Waals surface area contributed by atoms with Crippen molar-refractivity contribution in [1.82, 2.24) is 4.90 Å². The molecule has 1 saturated heterocycles. The second kappa shape index (κ2) is 10.8. The van der Waals surface area contributed by atoms with Crippen LogP contribution in [0.25, 0.3) is 0 Å². The number of rotatable bonds is 7. The second-order valence-corrected chi connectivity index (χ2v) is 9.17. The van der Waals surface area contributed by atoms with Crippen molar-refractivity contribution in [3.05, 3.63) is 81.9 Å². The zero-order valence-electron chi connectivity index (χ0n) is 19.0. The van der Waals surface area contributed by atoms with Gasteiger partial charge in [0.15, 0.2) is 0 Å². The summed E-state index contributed by atoms with van der Waals surface area (Å²) in [6.07, 6.45) is 3.77. The van der Waals surface area contributed by atoms with Gasteiger partial charge in [-0.2, -0.15) is 0 Å². The quantitative estimate of drug-likeness (QED) is 0.427. The number of amides is 1. The van der Waals surface area contributed by atoms with Gasteiger partial charge in [-0.3, -0.25) is 15.0 Å². The zero-order valence-corrected chi connectivity index (χ0v) is 19.0. The fraction of sp³-hybridized carbons (Fsp3) is 0.500. The van der Waals surface area contributed by atoms with Crippen LogP contribution in [0, 0.1) is 10.1 Å². The summed E-state index contributed by atoms with van der Waals surface area (Å²) in [4.78, 5) is 25.9. The molecule has 0 N–H and O–H groups in total. The Hall–Kier alpha value is -2.93. The summed E-state index contributed by atoms with van der Waals surface area (Å²) in [6, 6.07) is 18.2. The molecule has 2 fully saturated rings. The SMILES string of the molecule is C[C@@H]1CC([N+](=O)[O-])[C@H](COC2CCC(c3ccccc3)CC2)N1C(=O)OCc1ccccc1. The molecule has 176 valence electrons. The van der Waals surface area contributed by atoms with Gasteiger partial charge in [0.05, 0.1) is 12.7 Å². The van der Waals surface area contributed by atoms with Gasteiger partial charge in [0.25, 0.3) is 0 Å². The summed E-state index contributed by atoms with van der Waals surface area (Å²) in [5.74, 6) is 0.536. The number of hydrogen-bond acceptors (Lipinski definition) is 5. The molecular formula is C26H32N2O5. The minimum absolute atomic E-state index is 0.0652. The summed E-state index contributed by atoms with van der Waals surface area (Å²) in [5.41, 5.74) is 2.24. The summed E-state index contributed by atoms with van der Waals surface area (Å²) in [7, 11) is 0. The molecule has 3 atom stereocenters.